The van der Waals surface area contributed by atoms with Gasteiger partial charge < -0.3 is 14.7 Å². The number of amides is 2. The first-order chi connectivity index (χ1) is 13.5. The zero-order valence-electron chi connectivity index (χ0n) is 16.6. The van der Waals surface area contributed by atoms with Gasteiger partial charge in [0, 0.05) is 50.5 Å². The molecule has 0 saturated carbocycles. The molecule has 2 heterocycles. The molecular weight excluding hydrogens is 350 g/mol. The standard InChI is InChI=1S/C23H27N3O2/c1-17-6-5-8-20(14-17)24-10-12-25(13-11-24)23(28)19-15-22(27)26(16-19)21-9-4-3-7-18(21)2/h3-9,14,19H,10-13,15-16H2,1-2H3. The molecule has 0 N–H and O–H groups in total. The Hall–Kier alpha value is -2.82. The van der Waals surface area contributed by atoms with Gasteiger partial charge in [-0.3, -0.25) is 9.59 Å². The van der Waals surface area contributed by atoms with E-state index in [2.05, 4.69) is 36.1 Å². The second kappa shape index (κ2) is 7.66. The largest absolute Gasteiger partial charge is 0.368 e. The summed E-state index contributed by atoms with van der Waals surface area (Å²) in [7, 11) is 0. The maximum absolute atomic E-state index is 13.0. The fraction of sp³-hybridized carbons (Fsp3) is 0.391. The Bertz CT molecular complexity index is 887. The molecule has 2 aromatic carbocycles. The van der Waals surface area contributed by atoms with E-state index in [1.165, 1.54) is 11.3 Å². The zero-order chi connectivity index (χ0) is 19.7. The van der Waals surface area contributed by atoms with E-state index in [-0.39, 0.29) is 17.7 Å². The first-order valence-corrected chi connectivity index (χ1v) is 9.99. The minimum absolute atomic E-state index is 0.0473. The van der Waals surface area contributed by atoms with Gasteiger partial charge in [-0.15, -0.1) is 0 Å². The molecule has 28 heavy (non-hydrogen) atoms. The van der Waals surface area contributed by atoms with Crippen LogP contribution in [-0.4, -0.2) is 49.4 Å². The molecule has 5 heteroatoms. The summed E-state index contributed by atoms with van der Waals surface area (Å²) in [4.78, 5) is 31.6. The third kappa shape index (κ3) is 3.61. The lowest BCUT2D eigenvalue weighted by molar-refractivity contribution is -0.136. The number of hydrogen-bond donors (Lipinski definition) is 0. The van der Waals surface area contributed by atoms with Gasteiger partial charge in [-0.2, -0.15) is 0 Å². The summed E-state index contributed by atoms with van der Waals surface area (Å²) in [6, 6.07) is 16.4. The molecule has 2 aliphatic rings. The molecule has 2 saturated heterocycles. The first-order valence-electron chi connectivity index (χ1n) is 9.99. The van der Waals surface area contributed by atoms with Gasteiger partial charge in [0.1, 0.15) is 0 Å². The van der Waals surface area contributed by atoms with Gasteiger partial charge in [-0.25, -0.2) is 0 Å². The molecule has 0 bridgehead atoms. The van der Waals surface area contributed by atoms with Gasteiger partial charge >= 0.3 is 0 Å². The van der Waals surface area contributed by atoms with Crippen molar-refractivity contribution in [3.8, 4) is 0 Å². The molecule has 4 rings (SSSR count). The Labute approximate surface area is 166 Å². The van der Waals surface area contributed by atoms with Crippen molar-refractivity contribution in [2.75, 3.05) is 42.5 Å². The van der Waals surface area contributed by atoms with E-state index in [4.69, 9.17) is 0 Å². The van der Waals surface area contributed by atoms with Crippen LogP contribution < -0.4 is 9.80 Å². The molecule has 2 aromatic rings. The first kappa shape index (κ1) is 18.5. The van der Waals surface area contributed by atoms with E-state index in [1.54, 1.807) is 4.90 Å². The zero-order valence-corrected chi connectivity index (χ0v) is 16.6. The normalized spacial score (nSPS) is 20.0. The monoisotopic (exact) mass is 377 g/mol. The summed E-state index contributed by atoms with van der Waals surface area (Å²) in [5.41, 5.74) is 4.45. The second-order valence-corrected chi connectivity index (χ2v) is 7.84. The van der Waals surface area contributed by atoms with Gasteiger partial charge in [0.2, 0.25) is 11.8 Å². The Kier molecular flexibility index (Phi) is 5.07. The molecule has 2 fully saturated rings. The summed E-state index contributed by atoms with van der Waals surface area (Å²) in [5.74, 6) is -0.0722. The average molecular weight is 377 g/mol. The topological polar surface area (TPSA) is 43.9 Å². The molecule has 146 valence electrons. The van der Waals surface area contributed by atoms with Crippen molar-refractivity contribution >= 4 is 23.2 Å². The van der Waals surface area contributed by atoms with Crippen LogP contribution >= 0.6 is 0 Å². The molecule has 5 nitrogen and oxygen atoms in total. The van der Waals surface area contributed by atoms with Crippen LogP contribution in [0.5, 0.6) is 0 Å². The van der Waals surface area contributed by atoms with Gasteiger partial charge in [0.05, 0.1) is 5.92 Å². The molecule has 0 aliphatic carbocycles. The number of carbonyl (C=O) groups excluding carboxylic acids is 2. The van der Waals surface area contributed by atoms with Crippen molar-refractivity contribution in [3.63, 3.8) is 0 Å². The Balaban J connectivity index is 1.38. The molecular formula is C23H27N3O2. The van der Waals surface area contributed by atoms with E-state index >= 15 is 0 Å². The van der Waals surface area contributed by atoms with Crippen LogP contribution in [0.2, 0.25) is 0 Å². The summed E-state index contributed by atoms with van der Waals surface area (Å²) in [5, 5.41) is 0. The summed E-state index contributed by atoms with van der Waals surface area (Å²) in [6.45, 7) is 7.67. The van der Waals surface area contributed by atoms with Crippen LogP contribution in [0.3, 0.4) is 0 Å². The smallest absolute Gasteiger partial charge is 0.228 e. The number of nitrogens with zero attached hydrogens (tertiary/aromatic N) is 3. The van der Waals surface area contributed by atoms with Crippen LogP contribution in [0.1, 0.15) is 17.5 Å². The molecule has 0 spiro atoms. The molecule has 1 atom stereocenters. The number of rotatable bonds is 3. The lowest BCUT2D eigenvalue weighted by atomic mass is 10.1. The van der Waals surface area contributed by atoms with Crippen LogP contribution in [-0.2, 0) is 9.59 Å². The fourth-order valence-electron chi connectivity index (χ4n) is 4.24. The maximum Gasteiger partial charge on any atom is 0.228 e. The minimum Gasteiger partial charge on any atom is -0.368 e. The van der Waals surface area contributed by atoms with Crippen LogP contribution in [0.15, 0.2) is 48.5 Å². The van der Waals surface area contributed by atoms with E-state index in [0.29, 0.717) is 26.1 Å². The number of para-hydroxylation sites is 1. The van der Waals surface area contributed by atoms with Gasteiger partial charge in [0.25, 0.3) is 0 Å². The number of piperazine rings is 1. The SMILES string of the molecule is Cc1cccc(N2CCN(C(=O)C3CC(=O)N(c4ccccc4C)C3)CC2)c1. The Morgan fingerprint density at radius 1 is 0.964 bits per heavy atom. The van der Waals surface area contributed by atoms with Gasteiger partial charge in [0.15, 0.2) is 0 Å². The van der Waals surface area contributed by atoms with Crippen LogP contribution in [0.4, 0.5) is 11.4 Å². The van der Waals surface area contributed by atoms with Crippen molar-refractivity contribution in [3.05, 3.63) is 59.7 Å². The van der Waals surface area contributed by atoms with E-state index in [9.17, 15) is 9.59 Å². The van der Waals surface area contributed by atoms with Crippen molar-refractivity contribution in [2.24, 2.45) is 5.92 Å². The molecule has 1 unspecified atom stereocenters. The molecule has 2 amide bonds. The average Bonchev–Trinajstić information content (AvgIpc) is 3.09. The lowest BCUT2D eigenvalue weighted by Gasteiger charge is -2.37. The van der Waals surface area contributed by atoms with E-state index in [0.717, 1.165) is 24.3 Å². The summed E-state index contributed by atoms with van der Waals surface area (Å²) >= 11 is 0. The highest BCUT2D eigenvalue weighted by atomic mass is 16.2. The van der Waals surface area contributed by atoms with Crippen molar-refractivity contribution in [1.29, 1.82) is 0 Å². The quantitative estimate of drug-likeness (QED) is 0.826. The highest BCUT2D eigenvalue weighted by molar-refractivity contribution is 6.00. The Morgan fingerprint density at radius 2 is 1.71 bits per heavy atom. The van der Waals surface area contributed by atoms with Crippen molar-refractivity contribution < 1.29 is 9.59 Å². The number of anilines is 2. The number of benzene rings is 2. The molecule has 0 radical (unpaired) electrons. The predicted molar refractivity (Wildman–Crippen MR) is 112 cm³/mol. The third-order valence-electron chi connectivity index (χ3n) is 5.84. The maximum atomic E-state index is 13.0. The highest BCUT2D eigenvalue weighted by Gasteiger charge is 2.38. The highest BCUT2D eigenvalue weighted by Crippen LogP contribution is 2.29. The van der Waals surface area contributed by atoms with Crippen molar-refractivity contribution in [1.82, 2.24) is 4.90 Å². The predicted octanol–water partition coefficient (Wildman–Crippen LogP) is 3.01. The summed E-state index contributed by atoms with van der Waals surface area (Å²) < 4.78 is 0. The van der Waals surface area contributed by atoms with E-state index < -0.39 is 0 Å². The Morgan fingerprint density at radius 3 is 2.43 bits per heavy atom. The number of hydrogen-bond acceptors (Lipinski definition) is 3. The molecule has 0 aromatic heterocycles. The number of carbonyl (C=O) groups is 2. The second-order valence-electron chi connectivity index (χ2n) is 7.84. The van der Waals surface area contributed by atoms with E-state index in [1.807, 2.05) is 36.1 Å². The van der Waals surface area contributed by atoms with Crippen LogP contribution in [0, 0.1) is 19.8 Å². The lowest BCUT2D eigenvalue weighted by Crippen LogP contribution is -2.50. The fourth-order valence-corrected chi connectivity index (χ4v) is 4.24. The summed E-state index contributed by atoms with van der Waals surface area (Å²) in [6.07, 6.45) is 0.311. The number of aryl methyl sites for hydroxylation is 2. The van der Waals surface area contributed by atoms with Gasteiger partial charge in [-0.1, -0.05) is 30.3 Å². The van der Waals surface area contributed by atoms with Crippen molar-refractivity contribution in [2.45, 2.75) is 20.3 Å². The van der Waals surface area contributed by atoms with Crippen LogP contribution in [0.25, 0.3) is 0 Å². The minimum atomic E-state index is -0.238. The molecule has 2 aliphatic heterocycles. The third-order valence-corrected chi connectivity index (χ3v) is 5.84. The van der Waals surface area contributed by atoms with Gasteiger partial charge in [-0.05, 0) is 43.2 Å².